The molecule has 0 aromatic heterocycles. The van der Waals surface area contributed by atoms with Crippen LogP contribution in [0, 0.1) is 5.41 Å². The number of ketones is 1. The molecule has 2 aromatic rings. The van der Waals surface area contributed by atoms with Crippen LogP contribution in [0.5, 0.6) is 0 Å². The van der Waals surface area contributed by atoms with E-state index >= 15 is 0 Å². The Morgan fingerprint density at radius 1 is 0.714 bits per heavy atom. The molecule has 0 aliphatic carbocycles. The first-order valence-electron chi connectivity index (χ1n) is 9.26. The molecule has 0 radical (unpaired) electrons. The first-order valence-corrected chi connectivity index (χ1v) is 9.26. The number of hydrogen-bond acceptors (Lipinski definition) is 3. The number of anilines is 2. The third-order valence-corrected chi connectivity index (χ3v) is 4.83. The zero-order chi connectivity index (χ0) is 21.1. The Morgan fingerprint density at radius 3 is 1.61 bits per heavy atom. The molecule has 0 atom stereocenters. The maximum Gasteiger partial charge on any atom is 0.255 e. The molecule has 28 heavy (non-hydrogen) atoms. The van der Waals surface area contributed by atoms with Crippen molar-refractivity contribution >= 4 is 29.0 Å². The number of amides is 2. The SMILES string of the molecule is CC(=O)C(C)(C)c1ccc(C(=O)Nc2ccc(NC(=O)C(C)(C)C)cc2)cc1. The maximum atomic E-state index is 12.5. The van der Waals surface area contributed by atoms with Gasteiger partial charge in [-0.05, 0) is 62.7 Å². The lowest BCUT2D eigenvalue weighted by molar-refractivity contribution is -0.123. The summed E-state index contributed by atoms with van der Waals surface area (Å²) in [7, 11) is 0. The van der Waals surface area contributed by atoms with Crippen LogP contribution in [0.3, 0.4) is 0 Å². The van der Waals surface area contributed by atoms with Crippen molar-refractivity contribution in [2.24, 2.45) is 5.41 Å². The van der Waals surface area contributed by atoms with Crippen molar-refractivity contribution in [3.63, 3.8) is 0 Å². The zero-order valence-electron chi connectivity index (χ0n) is 17.3. The summed E-state index contributed by atoms with van der Waals surface area (Å²) in [5.41, 5.74) is 1.63. The van der Waals surface area contributed by atoms with Crippen LogP contribution in [0.2, 0.25) is 0 Å². The van der Waals surface area contributed by atoms with Gasteiger partial charge in [-0.1, -0.05) is 32.9 Å². The molecule has 2 N–H and O–H groups in total. The maximum absolute atomic E-state index is 12.5. The summed E-state index contributed by atoms with van der Waals surface area (Å²) in [6.07, 6.45) is 0. The Bertz CT molecular complexity index is 874. The Hall–Kier alpha value is -2.95. The van der Waals surface area contributed by atoms with Crippen molar-refractivity contribution in [1.82, 2.24) is 0 Å². The Labute approximate surface area is 166 Å². The molecule has 0 heterocycles. The van der Waals surface area contributed by atoms with E-state index in [9.17, 15) is 14.4 Å². The lowest BCUT2D eigenvalue weighted by atomic mass is 9.81. The molecule has 5 heteroatoms. The minimum absolute atomic E-state index is 0.0714. The first-order chi connectivity index (χ1) is 12.9. The van der Waals surface area contributed by atoms with Gasteiger partial charge in [-0.3, -0.25) is 14.4 Å². The number of carbonyl (C=O) groups excluding carboxylic acids is 3. The number of carbonyl (C=O) groups is 3. The fraction of sp³-hybridized carbons (Fsp3) is 0.348. The summed E-state index contributed by atoms with van der Waals surface area (Å²) >= 11 is 0. The zero-order valence-corrected chi connectivity index (χ0v) is 17.3. The second-order valence-electron chi connectivity index (χ2n) is 8.49. The van der Waals surface area contributed by atoms with Crippen molar-refractivity contribution in [1.29, 1.82) is 0 Å². The second kappa shape index (κ2) is 7.97. The Morgan fingerprint density at radius 2 is 1.18 bits per heavy atom. The minimum atomic E-state index is -0.581. The van der Waals surface area contributed by atoms with E-state index in [0.29, 0.717) is 16.9 Å². The van der Waals surface area contributed by atoms with E-state index in [2.05, 4.69) is 10.6 Å². The van der Waals surface area contributed by atoms with Crippen molar-refractivity contribution in [2.75, 3.05) is 10.6 Å². The van der Waals surface area contributed by atoms with Gasteiger partial charge in [-0.15, -0.1) is 0 Å². The Kier molecular flexibility index (Phi) is 6.07. The fourth-order valence-corrected chi connectivity index (χ4v) is 2.40. The third kappa shape index (κ3) is 5.06. The molecular formula is C23H28N2O3. The lowest BCUT2D eigenvalue weighted by Gasteiger charge is -2.21. The molecule has 0 aliphatic heterocycles. The Balaban J connectivity index is 2.05. The molecule has 148 valence electrons. The fourth-order valence-electron chi connectivity index (χ4n) is 2.40. The van der Waals surface area contributed by atoms with Gasteiger partial charge >= 0.3 is 0 Å². The number of rotatable bonds is 5. The average Bonchev–Trinajstić information content (AvgIpc) is 2.62. The van der Waals surface area contributed by atoms with Gasteiger partial charge < -0.3 is 10.6 Å². The lowest BCUT2D eigenvalue weighted by Crippen LogP contribution is -2.27. The first kappa shape index (κ1) is 21.4. The molecule has 5 nitrogen and oxygen atoms in total. The van der Waals surface area contributed by atoms with Gasteiger partial charge in [0.05, 0.1) is 0 Å². The number of benzene rings is 2. The highest BCUT2D eigenvalue weighted by Gasteiger charge is 2.26. The molecule has 2 amide bonds. The summed E-state index contributed by atoms with van der Waals surface area (Å²) in [4.78, 5) is 36.2. The topological polar surface area (TPSA) is 75.3 Å². The monoisotopic (exact) mass is 380 g/mol. The molecule has 0 spiro atoms. The molecule has 0 fully saturated rings. The van der Waals surface area contributed by atoms with Gasteiger partial charge in [0.15, 0.2) is 0 Å². The van der Waals surface area contributed by atoms with E-state index in [1.54, 1.807) is 55.5 Å². The smallest absolute Gasteiger partial charge is 0.255 e. The van der Waals surface area contributed by atoms with E-state index in [1.165, 1.54) is 0 Å². The third-order valence-electron chi connectivity index (χ3n) is 4.83. The van der Waals surface area contributed by atoms with Crippen LogP contribution in [0.4, 0.5) is 11.4 Å². The van der Waals surface area contributed by atoms with Gasteiger partial charge in [0.2, 0.25) is 5.91 Å². The summed E-state index contributed by atoms with van der Waals surface area (Å²) in [5, 5.41) is 5.68. The highest BCUT2D eigenvalue weighted by atomic mass is 16.2. The van der Waals surface area contributed by atoms with Crippen LogP contribution in [0.1, 0.15) is 57.5 Å². The van der Waals surface area contributed by atoms with Crippen LogP contribution in [-0.4, -0.2) is 17.6 Å². The normalized spacial score (nSPS) is 11.6. The molecule has 2 aromatic carbocycles. The predicted octanol–water partition coefficient (Wildman–Crippen LogP) is 4.79. The summed E-state index contributed by atoms with van der Waals surface area (Å²) < 4.78 is 0. The van der Waals surface area contributed by atoms with Gasteiger partial charge in [-0.2, -0.15) is 0 Å². The molecular weight excluding hydrogens is 352 g/mol. The van der Waals surface area contributed by atoms with Crippen molar-refractivity contribution < 1.29 is 14.4 Å². The second-order valence-corrected chi connectivity index (χ2v) is 8.49. The van der Waals surface area contributed by atoms with Crippen LogP contribution < -0.4 is 10.6 Å². The van der Waals surface area contributed by atoms with E-state index in [4.69, 9.17) is 0 Å². The highest BCUT2D eigenvalue weighted by molar-refractivity contribution is 6.04. The van der Waals surface area contributed by atoms with Gasteiger partial charge in [0.1, 0.15) is 5.78 Å². The summed E-state index contributed by atoms with van der Waals surface area (Å²) in [6.45, 7) is 10.8. The van der Waals surface area contributed by atoms with Crippen molar-refractivity contribution in [3.8, 4) is 0 Å². The van der Waals surface area contributed by atoms with Crippen LogP contribution in [0.15, 0.2) is 48.5 Å². The molecule has 0 aliphatic rings. The standard InChI is InChI=1S/C23H28N2O3/c1-15(26)23(5,6)17-9-7-16(8-10-17)20(27)24-18-11-13-19(14-12-18)25-21(28)22(2,3)4/h7-14H,1-6H3,(H,24,27)(H,25,28). The average molecular weight is 380 g/mol. The van der Waals surface area contributed by atoms with Crippen LogP contribution >= 0.6 is 0 Å². The van der Waals surface area contributed by atoms with E-state index in [-0.39, 0.29) is 17.6 Å². The molecule has 0 unspecified atom stereocenters. The molecule has 0 saturated carbocycles. The van der Waals surface area contributed by atoms with Crippen molar-refractivity contribution in [2.45, 2.75) is 47.0 Å². The van der Waals surface area contributed by atoms with Crippen LogP contribution in [0.25, 0.3) is 0 Å². The largest absolute Gasteiger partial charge is 0.326 e. The summed E-state index contributed by atoms with van der Waals surface area (Å²) in [6, 6.07) is 14.0. The van der Waals surface area contributed by atoms with Gasteiger partial charge in [0, 0.05) is 27.8 Å². The minimum Gasteiger partial charge on any atom is -0.326 e. The predicted molar refractivity (Wildman–Crippen MR) is 113 cm³/mol. The quantitative estimate of drug-likeness (QED) is 0.783. The van der Waals surface area contributed by atoms with Gasteiger partial charge in [0.25, 0.3) is 5.91 Å². The van der Waals surface area contributed by atoms with E-state index < -0.39 is 10.8 Å². The van der Waals surface area contributed by atoms with E-state index in [0.717, 1.165) is 5.56 Å². The number of Topliss-reactive ketones (excluding diaryl/α,β-unsaturated/α-hetero) is 1. The summed E-state index contributed by atoms with van der Waals surface area (Å²) in [5.74, 6) is -0.236. The highest BCUT2D eigenvalue weighted by Crippen LogP contribution is 2.25. The van der Waals surface area contributed by atoms with Gasteiger partial charge in [-0.25, -0.2) is 0 Å². The number of nitrogens with one attached hydrogen (secondary N) is 2. The molecule has 0 saturated heterocycles. The molecule has 0 bridgehead atoms. The van der Waals surface area contributed by atoms with Crippen LogP contribution in [-0.2, 0) is 15.0 Å². The molecule has 2 rings (SSSR count). The van der Waals surface area contributed by atoms with E-state index in [1.807, 2.05) is 34.6 Å². The van der Waals surface area contributed by atoms with Crippen molar-refractivity contribution in [3.05, 3.63) is 59.7 Å². The number of hydrogen-bond donors (Lipinski definition) is 2.